The maximum Gasteiger partial charge on any atom is 0.208 e. The van der Waals surface area contributed by atoms with Crippen LogP contribution in [-0.2, 0) is 10.0 Å². The van der Waals surface area contributed by atoms with Crippen LogP contribution in [0.25, 0.3) is 0 Å². The smallest absolute Gasteiger partial charge is 0.208 e. The van der Waals surface area contributed by atoms with Gasteiger partial charge in [-0.15, -0.1) is 10.2 Å². The summed E-state index contributed by atoms with van der Waals surface area (Å²) in [6, 6.07) is 0. The minimum absolute atomic E-state index is 0.401. The summed E-state index contributed by atoms with van der Waals surface area (Å²) >= 11 is 2.98. The Kier molecular flexibility index (Phi) is 6.33. The van der Waals surface area contributed by atoms with Gasteiger partial charge in [0.1, 0.15) is 0 Å². The van der Waals surface area contributed by atoms with Gasteiger partial charge in [0.25, 0.3) is 0 Å². The topological polar surface area (TPSA) is 84.0 Å². The fourth-order valence-corrected chi connectivity index (χ4v) is 3.28. The van der Waals surface area contributed by atoms with E-state index < -0.39 is 10.0 Å². The van der Waals surface area contributed by atoms with Gasteiger partial charge < -0.3 is 5.32 Å². The number of rotatable bonds is 8. The lowest BCUT2D eigenvalue weighted by Crippen LogP contribution is -2.24. The molecule has 9 heteroatoms. The first kappa shape index (κ1) is 15.7. The molecule has 0 aliphatic carbocycles. The van der Waals surface area contributed by atoms with Crippen LogP contribution in [-0.4, -0.2) is 43.7 Å². The Morgan fingerprint density at radius 2 is 2.11 bits per heavy atom. The average Bonchev–Trinajstić information content (AvgIpc) is 2.68. The Morgan fingerprint density at radius 1 is 1.39 bits per heavy atom. The molecule has 0 radical (unpaired) electrons. The molecular weight excluding hydrogens is 292 g/mol. The van der Waals surface area contributed by atoms with Crippen molar-refractivity contribution < 1.29 is 8.42 Å². The predicted molar refractivity (Wildman–Crippen MR) is 76.8 cm³/mol. The number of nitrogens with one attached hydrogen (secondary N) is 2. The fraction of sp³-hybridized carbons (Fsp3) is 0.778. The largest absolute Gasteiger partial charge is 0.360 e. The highest BCUT2D eigenvalue weighted by molar-refractivity contribution is 8.01. The van der Waals surface area contributed by atoms with Crippen LogP contribution in [0.1, 0.15) is 13.8 Å². The Labute approximate surface area is 116 Å². The van der Waals surface area contributed by atoms with Crippen LogP contribution >= 0.6 is 23.1 Å². The van der Waals surface area contributed by atoms with Gasteiger partial charge >= 0.3 is 0 Å². The van der Waals surface area contributed by atoms with Crippen LogP contribution in [0.4, 0.5) is 5.13 Å². The number of hydrogen-bond donors (Lipinski definition) is 2. The van der Waals surface area contributed by atoms with Gasteiger partial charge in [-0.25, -0.2) is 13.1 Å². The zero-order valence-corrected chi connectivity index (χ0v) is 13.1. The minimum Gasteiger partial charge on any atom is -0.360 e. The zero-order valence-electron chi connectivity index (χ0n) is 10.6. The van der Waals surface area contributed by atoms with Gasteiger partial charge in [-0.2, -0.15) is 0 Å². The fourth-order valence-electron chi connectivity index (χ4n) is 0.996. The van der Waals surface area contributed by atoms with E-state index in [0.717, 1.165) is 22.3 Å². The molecule has 0 atom stereocenters. The maximum atomic E-state index is 10.8. The number of nitrogens with zero attached hydrogens (tertiary/aromatic N) is 2. The molecule has 2 N–H and O–H groups in total. The van der Waals surface area contributed by atoms with Crippen molar-refractivity contribution >= 4 is 38.3 Å². The lowest BCUT2D eigenvalue weighted by molar-refractivity contribution is 0.590. The molecule has 0 aromatic carbocycles. The van der Waals surface area contributed by atoms with E-state index >= 15 is 0 Å². The molecule has 0 saturated carbocycles. The molecular formula is C9H18N4O2S3. The van der Waals surface area contributed by atoms with Crippen molar-refractivity contribution in [2.45, 2.75) is 18.2 Å². The van der Waals surface area contributed by atoms with Gasteiger partial charge in [-0.1, -0.05) is 36.9 Å². The second kappa shape index (κ2) is 7.27. The van der Waals surface area contributed by atoms with Crippen molar-refractivity contribution in [3.8, 4) is 0 Å². The van der Waals surface area contributed by atoms with E-state index in [1.54, 1.807) is 0 Å². The molecule has 104 valence electrons. The van der Waals surface area contributed by atoms with Crippen LogP contribution in [0, 0.1) is 5.92 Å². The first-order valence-electron chi connectivity index (χ1n) is 5.51. The van der Waals surface area contributed by atoms with Gasteiger partial charge in [0, 0.05) is 18.8 Å². The van der Waals surface area contributed by atoms with Crippen LogP contribution < -0.4 is 10.0 Å². The number of sulfonamides is 1. The third-order valence-electron chi connectivity index (χ3n) is 1.76. The van der Waals surface area contributed by atoms with Gasteiger partial charge in [0.05, 0.1) is 6.26 Å². The summed E-state index contributed by atoms with van der Waals surface area (Å²) in [6.07, 6.45) is 1.15. The van der Waals surface area contributed by atoms with Crippen LogP contribution in [0.15, 0.2) is 4.34 Å². The van der Waals surface area contributed by atoms with E-state index in [1.807, 2.05) is 0 Å². The molecule has 0 amide bonds. The molecule has 1 aromatic heterocycles. The van der Waals surface area contributed by atoms with E-state index in [9.17, 15) is 8.42 Å². The van der Waals surface area contributed by atoms with Crippen LogP contribution in [0.3, 0.4) is 0 Å². The molecule has 0 aliphatic heterocycles. The van der Waals surface area contributed by atoms with Gasteiger partial charge in [0.15, 0.2) is 4.34 Å². The average molecular weight is 310 g/mol. The first-order chi connectivity index (χ1) is 8.37. The maximum absolute atomic E-state index is 10.8. The molecule has 0 bridgehead atoms. The quantitative estimate of drug-likeness (QED) is 0.555. The predicted octanol–water partition coefficient (Wildman–Crippen LogP) is 1.25. The lowest BCUT2D eigenvalue weighted by atomic mass is 10.2. The van der Waals surface area contributed by atoms with Crippen molar-refractivity contribution in [3.63, 3.8) is 0 Å². The van der Waals surface area contributed by atoms with Gasteiger partial charge in [-0.05, 0) is 5.92 Å². The second-order valence-electron chi connectivity index (χ2n) is 4.16. The zero-order chi connectivity index (χ0) is 13.6. The highest BCUT2D eigenvalue weighted by Gasteiger charge is 2.05. The number of anilines is 1. The van der Waals surface area contributed by atoms with E-state index in [0.29, 0.717) is 18.2 Å². The highest BCUT2D eigenvalue weighted by Crippen LogP contribution is 2.25. The lowest BCUT2D eigenvalue weighted by Gasteiger charge is -2.03. The molecule has 0 aliphatic rings. The first-order valence-corrected chi connectivity index (χ1v) is 9.21. The van der Waals surface area contributed by atoms with Gasteiger partial charge in [-0.3, -0.25) is 0 Å². The third kappa shape index (κ3) is 7.14. The third-order valence-corrected chi connectivity index (χ3v) is 4.50. The Morgan fingerprint density at radius 3 is 2.72 bits per heavy atom. The second-order valence-corrected chi connectivity index (χ2v) is 8.32. The van der Waals surface area contributed by atoms with Crippen molar-refractivity contribution in [3.05, 3.63) is 0 Å². The summed E-state index contributed by atoms with van der Waals surface area (Å²) in [5.74, 6) is 1.20. The summed E-state index contributed by atoms with van der Waals surface area (Å²) < 4.78 is 25.0. The molecule has 1 rings (SSSR count). The Hall–Kier alpha value is -0.380. The summed E-state index contributed by atoms with van der Waals surface area (Å²) in [4.78, 5) is 0. The van der Waals surface area contributed by atoms with Crippen molar-refractivity contribution in [1.29, 1.82) is 0 Å². The van der Waals surface area contributed by atoms with Crippen molar-refractivity contribution in [1.82, 2.24) is 14.9 Å². The normalized spacial score (nSPS) is 12.0. The molecule has 0 unspecified atom stereocenters. The number of aromatic nitrogens is 2. The number of thioether (sulfide) groups is 1. The summed E-state index contributed by atoms with van der Waals surface area (Å²) in [6.45, 7) is 5.52. The van der Waals surface area contributed by atoms with E-state index in [-0.39, 0.29) is 0 Å². The molecule has 0 saturated heterocycles. The van der Waals surface area contributed by atoms with Crippen LogP contribution in [0.5, 0.6) is 0 Å². The molecule has 0 fully saturated rings. The Balaban J connectivity index is 2.27. The molecule has 1 aromatic rings. The summed E-state index contributed by atoms with van der Waals surface area (Å²) in [5.41, 5.74) is 0. The van der Waals surface area contributed by atoms with E-state index in [4.69, 9.17) is 0 Å². The summed E-state index contributed by atoms with van der Waals surface area (Å²) in [5, 5.41) is 12.0. The Bertz CT molecular complexity index is 458. The molecule has 6 nitrogen and oxygen atoms in total. The monoisotopic (exact) mass is 310 g/mol. The summed E-state index contributed by atoms with van der Waals surface area (Å²) in [7, 11) is -3.10. The minimum atomic E-state index is -3.10. The molecule has 0 spiro atoms. The van der Waals surface area contributed by atoms with Gasteiger partial charge in [0.2, 0.25) is 15.2 Å². The highest BCUT2D eigenvalue weighted by atomic mass is 32.2. The standard InChI is InChI=1S/C9H18N4O2S3/c1-7(2)6-10-8-12-13-9(17-8)16-5-4-11-18(3,14)15/h7,11H,4-6H2,1-3H3,(H,10,12). The number of hydrogen-bond acceptors (Lipinski definition) is 7. The van der Waals surface area contributed by atoms with Crippen LogP contribution in [0.2, 0.25) is 0 Å². The van der Waals surface area contributed by atoms with E-state index in [2.05, 4.69) is 34.1 Å². The molecule has 18 heavy (non-hydrogen) atoms. The van der Waals surface area contributed by atoms with Crippen molar-refractivity contribution in [2.24, 2.45) is 5.92 Å². The SMILES string of the molecule is CC(C)CNc1nnc(SCCNS(C)(=O)=O)s1. The van der Waals surface area contributed by atoms with Crippen molar-refractivity contribution in [2.75, 3.05) is 30.4 Å². The molecule has 1 heterocycles. The van der Waals surface area contributed by atoms with E-state index in [1.165, 1.54) is 23.1 Å².